The topological polar surface area (TPSA) is 73.2 Å². The highest BCUT2D eigenvalue weighted by Gasteiger charge is 2.26. The standard InChI is InChI=1S/C14H18ClN3O2S/c1-2-18-7-3-4-12(18)10-17-21(19,20)14-8-11(9-16)5-6-13(14)15/h5-6,8,12,17H,2-4,7,10H2,1H3. The molecule has 0 spiro atoms. The van der Waals surface area contributed by atoms with E-state index in [1.54, 1.807) is 0 Å². The Hall–Kier alpha value is -1.13. The van der Waals surface area contributed by atoms with Crippen molar-refractivity contribution in [3.63, 3.8) is 0 Å². The second-order valence-electron chi connectivity index (χ2n) is 5.03. The van der Waals surface area contributed by atoms with E-state index in [1.165, 1.54) is 18.2 Å². The van der Waals surface area contributed by atoms with E-state index in [4.69, 9.17) is 16.9 Å². The molecule has 2 rings (SSSR count). The number of hydrogen-bond donors (Lipinski definition) is 1. The van der Waals surface area contributed by atoms with Crippen LogP contribution < -0.4 is 4.72 Å². The Labute approximate surface area is 130 Å². The van der Waals surface area contributed by atoms with E-state index in [0.717, 1.165) is 25.9 Å². The van der Waals surface area contributed by atoms with Crippen LogP contribution in [0.15, 0.2) is 23.1 Å². The zero-order valence-electron chi connectivity index (χ0n) is 11.8. The maximum atomic E-state index is 12.3. The number of nitrogens with one attached hydrogen (secondary N) is 1. The molecule has 1 aliphatic heterocycles. The fourth-order valence-corrected chi connectivity index (χ4v) is 4.20. The van der Waals surface area contributed by atoms with Gasteiger partial charge >= 0.3 is 0 Å². The summed E-state index contributed by atoms with van der Waals surface area (Å²) >= 11 is 5.95. The van der Waals surface area contributed by atoms with Gasteiger partial charge < -0.3 is 0 Å². The molecule has 0 aromatic heterocycles. The molecule has 1 aromatic carbocycles. The number of sulfonamides is 1. The Morgan fingerprint density at radius 1 is 1.52 bits per heavy atom. The molecule has 0 amide bonds. The van der Waals surface area contributed by atoms with E-state index < -0.39 is 10.0 Å². The predicted octanol–water partition coefficient (Wildman–Crippen LogP) is 1.97. The van der Waals surface area contributed by atoms with Crippen LogP contribution >= 0.6 is 11.6 Å². The number of likely N-dealkylation sites (N-methyl/N-ethyl adjacent to an activating group) is 1. The second-order valence-corrected chi connectivity index (χ2v) is 7.18. The molecular weight excluding hydrogens is 310 g/mol. The molecule has 0 bridgehead atoms. The van der Waals surface area contributed by atoms with Crippen LogP contribution in [0.2, 0.25) is 5.02 Å². The SMILES string of the molecule is CCN1CCCC1CNS(=O)(=O)c1cc(C#N)ccc1Cl. The highest BCUT2D eigenvalue weighted by molar-refractivity contribution is 7.89. The van der Waals surface area contributed by atoms with E-state index in [9.17, 15) is 8.42 Å². The Balaban J connectivity index is 2.14. The van der Waals surface area contributed by atoms with Crippen LogP contribution in [-0.4, -0.2) is 39.0 Å². The Morgan fingerprint density at radius 3 is 2.95 bits per heavy atom. The maximum absolute atomic E-state index is 12.3. The van der Waals surface area contributed by atoms with Crippen molar-refractivity contribution in [1.82, 2.24) is 9.62 Å². The van der Waals surface area contributed by atoms with Gasteiger partial charge in [-0.1, -0.05) is 18.5 Å². The fourth-order valence-electron chi connectivity index (χ4n) is 2.61. The molecule has 1 unspecified atom stereocenters. The van der Waals surface area contributed by atoms with Crippen LogP contribution in [0.4, 0.5) is 0 Å². The molecule has 114 valence electrons. The van der Waals surface area contributed by atoms with Gasteiger partial charge in [0.15, 0.2) is 0 Å². The van der Waals surface area contributed by atoms with Gasteiger partial charge in [0.2, 0.25) is 10.0 Å². The summed E-state index contributed by atoms with van der Waals surface area (Å²) in [4.78, 5) is 2.22. The summed E-state index contributed by atoms with van der Waals surface area (Å²) in [7, 11) is -3.70. The molecule has 1 aliphatic rings. The first-order valence-corrected chi connectivity index (χ1v) is 8.77. The van der Waals surface area contributed by atoms with Crippen molar-refractivity contribution in [3.8, 4) is 6.07 Å². The van der Waals surface area contributed by atoms with Crippen LogP contribution in [0.1, 0.15) is 25.3 Å². The molecule has 0 radical (unpaired) electrons. The van der Waals surface area contributed by atoms with Crippen molar-refractivity contribution in [2.24, 2.45) is 0 Å². The maximum Gasteiger partial charge on any atom is 0.242 e. The predicted molar refractivity (Wildman–Crippen MR) is 81.6 cm³/mol. The smallest absolute Gasteiger partial charge is 0.242 e. The number of halogens is 1. The van der Waals surface area contributed by atoms with E-state index in [-0.39, 0.29) is 21.5 Å². The van der Waals surface area contributed by atoms with E-state index in [1.807, 2.05) is 6.07 Å². The summed E-state index contributed by atoms with van der Waals surface area (Å²) in [5, 5.41) is 9.00. The lowest BCUT2D eigenvalue weighted by Crippen LogP contribution is -2.40. The second kappa shape index (κ2) is 6.75. The number of nitrogens with zero attached hydrogens (tertiary/aromatic N) is 2. The number of likely N-dealkylation sites (tertiary alicyclic amines) is 1. The van der Waals surface area contributed by atoms with Crippen molar-refractivity contribution in [2.75, 3.05) is 19.6 Å². The van der Waals surface area contributed by atoms with Gasteiger partial charge in [-0.25, -0.2) is 13.1 Å². The van der Waals surface area contributed by atoms with Crippen molar-refractivity contribution in [1.29, 1.82) is 5.26 Å². The quantitative estimate of drug-likeness (QED) is 0.897. The zero-order chi connectivity index (χ0) is 15.5. The third-order valence-electron chi connectivity index (χ3n) is 3.76. The summed E-state index contributed by atoms with van der Waals surface area (Å²) in [6.45, 7) is 4.36. The highest BCUT2D eigenvalue weighted by Crippen LogP contribution is 2.23. The minimum absolute atomic E-state index is 0.0377. The molecular formula is C14H18ClN3O2S. The number of rotatable bonds is 5. The first-order valence-electron chi connectivity index (χ1n) is 6.91. The minimum Gasteiger partial charge on any atom is -0.299 e. The van der Waals surface area contributed by atoms with E-state index in [0.29, 0.717) is 6.54 Å². The van der Waals surface area contributed by atoms with Crippen LogP contribution in [-0.2, 0) is 10.0 Å². The molecule has 5 nitrogen and oxygen atoms in total. The molecule has 0 saturated carbocycles. The van der Waals surface area contributed by atoms with Crippen LogP contribution in [0.3, 0.4) is 0 Å². The van der Waals surface area contributed by atoms with Gasteiger partial charge in [-0.2, -0.15) is 5.26 Å². The largest absolute Gasteiger partial charge is 0.299 e. The number of nitriles is 1. The Bertz CT molecular complexity index is 655. The van der Waals surface area contributed by atoms with Crippen molar-refractivity contribution < 1.29 is 8.42 Å². The molecule has 1 aromatic rings. The lowest BCUT2D eigenvalue weighted by molar-refractivity contribution is 0.268. The zero-order valence-corrected chi connectivity index (χ0v) is 13.4. The summed E-state index contributed by atoms with van der Waals surface area (Å²) < 4.78 is 27.3. The molecule has 0 aliphatic carbocycles. The first-order chi connectivity index (χ1) is 9.97. The summed E-state index contributed by atoms with van der Waals surface area (Å²) in [6, 6.07) is 6.38. The molecule has 1 fully saturated rings. The lowest BCUT2D eigenvalue weighted by atomic mass is 10.2. The fraction of sp³-hybridized carbons (Fsp3) is 0.500. The Kier molecular flexibility index (Phi) is 5.22. The van der Waals surface area contributed by atoms with Gasteiger partial charge in [-0.3, -0.25) is 4.90 Å². The summed E-state index contributed by atoms with van der Waals surface area (Å²) in [5.74, 6) is 0. The lowest BCUT2D eigenvalue weighted by Gasteiger charge is -2.23. The average Bonchev–Trinajstić information content (AvgIpc) is 2.93. The normalized spacial score (nSPS) is 19.6. The third-order valence-corrected chi connectivity index (χ3v) is 5.67. The van der Waals surface area contributed by atoms with Crippen LogP contribution in [0.25, 0.3) is 0 Å². The van der Waals surface area contributed by atoms with Crippen molar-refractivity contribution in [3.05, 3.63) is 28.8 Å². The highest BCUT2D eigenvalue weighted by atomic mass is 35.5. The van der Waals surface area contributed by atoms with Gasteiger partial charge in [0.1, 0.15) is 4.90 Å². The molecule has 1 saturated heterocycles. The van der Waals surface area contributed by atoms with E-state index >= 15 is 0 Å². The summed E-state index contributed by atoms with van der Waals surface area (Å²) in [6.07, 6.45) is 2.08. The van der Waals surface area contributed by atoms with Gasteiger partial charge in [0.05, 0.1) is 16.7 Å². The van der Waals surface area contributed by atoms with Gasteiger partial charge in [0.25, 0.3) is 0 Å². The Morgan fingerprint density at radius 2 is 2.29 bits per heavy atom. The van der Waals surface area contributed by atoms with Gasteiger partial charge in [-0.15, -0.1) is 0 Å². The molecule has 1 N–H and O–H groups in total. The van der Waals surface area contributed by atoms with Crippen LogP contribution in [0.5, 0.6) is 0 Å². The number of hydrogen-bond acceptors (Lipinski definition) is 4. The number of benzene rings is 1. The summed E-state index contributed by atoms with van der Waals surface area (Å²) in [5.41, 5.74) is 0.274. The molecule has 7 heteroatoms. The van der Waals surface area contributed by atoms with E-state index in [2.05, 4.69) is 16.5 Å². The van der Waals surface area contributed by atoms with Crippen molar-refractivity contribution >= 4 is 21.6 Å². The van der Waals surface area contributed by atoms with Gasteiger partial charge in [-0.05, 0) is 44.1 Å². The first kappa shape index (κ1) is 16.2. The van der Waals surface area contributed by atoms with Crippen molar-refractivity contribution in [2.45, 2.75) is 30.7 Å². The third kappa shape index (κ3) is 3.74. The minimum atomic E-state index is -3.70. The molecule has 1 atom stereocenters. The monoisotopic (exact) mass is 327 g/mol. The molecule has 21 heavy (non-hydrogen) atoms. The van der Waals surface area contributed by atoms with Crippen LogP contribution in [0, 0.1) is 11.3 Å². The van der Waals surface area contributed by atoms with Gasteiger partial charge in [0, 0.05) is 12.6 Å². The average molecular weight is 328 g/mol. The molecule has 1 heterocycles.